The van der Waals surface area contributed by atoms with Crippen LogP contribution < -0.4 is 36.0 Å². The smallest absolute Gasteiger partial charge is 0.411 e. The number of alkyl carbamates (subject to hydrolysis) is 3. The molecule has 0 aliphatic rings. The molecule has 3 atom stereocenters. The number of amides is 4. The Morgan fingerprint density at radius 2 is 0.707 bits per heavy atom. The molecule has 4 aromatic carbocycles. The van der Waals surface area contributed by atoms with E-state index in [0.29, 0.717) is 91.2 Å². The molecule has 3 unspecified atom stereocenters. The number of hydrogen-bond donors (Lipinski definition) is 7. The van der Waals surface area contributed by atoms with Crippen molar-refractivity contribution in [2.45, 2.75) is 77.2 Å². The monoisotopic (exact) mass is 1260 g/mol. The van der Waals surface area contributed by atoms with Gasteiger partial charge in [0.25, 0.3) is 0 Å². The Morgan fingerprint density at radius 3 is 0.963 bits per heavy atom. The van der Waals surface area contributed by atoms with E-state index in [4.69, 9.17) is 88.6 Å². The third-order valence-corrected chi connectivity index (χ3v) is 13.2. The van der Waals surface area contributed by atoms with Gasteiger partial charge >= 0.3 is 42.3 Å². The molecule has 0 saturated carbocycles. The number of carboxylic acids is 3. The molecular weight excluding hydrogens is 1200 g/mol. The SMILES string of the molecule is CC(C)OC(=O)Nc1c(COC(=O)NC(Cc2ccc(N(CCCl)CCCl)cc2)C(=O)O)cc(COC(=O)NC(Cc2ccc(N(CCCl)CCCl)cc2)C(=O)O)cc1COC(=O)NC(Cc1ccc(N(CCCl)CCCl)cc1)C(=O)O. The van der Waals surface area contributed by atoms with Crippen molar-refractivity contribution in [3.8, 4) is 0 Å². The number of carbonyl (C=O) groups excluding carboxylic acids is 4. The standard InChI is InChI=1S/C55H67Cl6N7O14/c1-35(2)82-55(78)65-48-40(33-80-53(76)63-46(50(71)72)30-37-5-11-43(12-6-37)67(23-17-58)24-18-59)27-39(32-79-52(75)62-45(49(69)70)29-36-3-9-42(10-4-36)66(21-15-56)22-16-57)28-41(48)34-81-54(77)64-47(51(73)74)31-38-7-13-44(14-8-38)68(25-19-60)26-20-61/h3-14,27-28,35,45-47H,15-26,29-34H2,1-2H3,(H,62,75)(H,63,76)(H,64,77)(H,65,78)(H,69,70)(H,71,72)(H,73,74). The summed E-state index contributed by atoms with van der Waals surface area (Å²) in [6.45, 7) is 4.36. The topological polar surface area (TPSA) is 275 Å². The molecule has 82 heavy (non-hydrogen) atoms. The number of aliphatic carboxylic acids is 3. The second kappa shape index (κ2) is 36.2. The molecule has 0 saturated heterocycles. The minimum Gasteiger partial charge on any atom is -0.480 e. The average molecular weight is 1260 g/mol. The van der Waals surface area contributed by atoms with Crippen LogP contribution in [-0.4, -0.2) is 156 Å². The Hall–Kier alpha value is -6.49. The van der Waals surface area contributed by atoms with Gasteiger partial charge in [0, 0.05) is 122 Å². The summed E-state index contributed by atoms with van der Waals surface area (Å²) in [5.74, 6) is -2.01. The van der Waals surface area contributed by atoms with Crippen LogP contribution in [0.5, 0.6) is 0 Å². The lowest BCUT2D eigenvalue weighted by Crippen LogP contribution is -2.42. The van der Waals surface area contributed by atoms with Gasteiger partial charge in [-0.05, 0) is 84.6 Å². The molecule has 0 spiro atoms. The molecule has 27 heteroatoms. The van der Waals surface area contributed by atoms with Gasteiger partial charge in [0.05, 0.1) is 11.8 Å². The van der Waals surface area contributed by atoms with E-state index in [-0.39, 0.29) is 41.6 Å². The molecule has 0 fully saturated rings. The van der Waals surface area contributed by atoms with Gasteiger partial charge in [-0.3, -0.25) is 5.32 Å². The first-order chi connectivity index (χ1) is 39.3. The lowest BCUT2D eigenvalue weighted by Gasteiger charge is -2.23. The normalized spacial score (nSPS) is 12.0. The van der Waals surface area contributed by atoms with Crippen molar-refractivity contribution >= 4 is 135 Å². The molecular formula is C55H67Cl6N7O14. The van der Waals surface area contributed by atoms with Crippen LogP contribution in [0.15, 0.2) is 84.9 Å². The highest BCUT2D eigenvalue weighted by Gasteiger charge is 2.27. The van der Waals surface area contributed by atoms with Gasteiger partial charge in [-0.25, -0.2) is 33.6 Å². The number of carbonyl (C=O) groups is 7. The fourth-order valence-corrected chi connectivity index (χ4v) is 9.43. The summed E-state index contributed by atoms with van der Waals surface area (Å²) < 4.78 is 21.9. The molecule has 448 valence electrons. The van der Waals surface area contributed by atoms with Crippen molar-refractivity contribution in [3.05, 3.63) is 118 Å². The van der Waals surface area contributed by atoms with Gasteiger partial charge in [0.15, 0.2) is 0 Å². The Morgan fingerprint density at radius 1 is 0.427 bits per heavy atom. The number of nitrogens with one attached hydrogen (secondary N) is 4. The zero-order chi connectivity index (χ0) is 60.1. The maximum Gasteiger partial charge on any atom is 0.411 e. The number of rotatable bonds is 35. The Balaban J connectivity index is 1.62. The summed E-state index contributed by atoms with van der Waals surface area (Å²) in [5, 5.41) is 40.0. The van der Waals surface area contributed by atoms with Gasteiger partial charge in [0.2, 0.25) is 0 Å². The highest BCUT2D eigenvalue weighted by molar-refractivity contribution is 6.19. The molecule has 4 aromatic rings. The molecule has 0 aromatic heterocycles. The number of halogens is 6. The Labute approximate surface area is 505 Å². The number of anilines is 4. The van der Waals surface area contributed by atoms with Crippen molar-refractivity contribution in [2.75, 3.05) is 94.6 Å². The van der Waals surface area contributed by atoms with Crippen molar-refractivity contribution < 1.29 is 67.8 Å². The van der Waals surface area contributed by atoms with Crippen molar-refractivity contribution in [1.29, 1.82) is 0 Å². The van der Waals surface area contributed by atoms with Crippen LogP contribution in [0.25, 0.3) is 0 Å². The largest absolute Gasteiger partial charge is 0.480 e. The van der Waals surface area contributed by atoms with Crippen LogP contribution in [0.4, 0.5) is 41.9 Å². The molecule has 0 aliphatic carbocycles. The van der Waals surface area contributed by atoms with Crippen LogP contribution in [0, 0.1) is 0 Å². The molecule has 21 nitrogen and oxygen atoms in total. The predicted molar refractivity (Wildman–Crippen MR) is 317 cm³/mol. The summed E-state index contributed by atoms with van der Waals surface area (Å²) in [5.41, 5.74) is 4.09. The third kappa shape index (κ3) is 23.4. The molecule has 4 rings (SSSR count). The highest BCUT2D eigenvalue weighted by Crippen LogP contribution is 2.28. The molecule has 0 bridgehead atoms. The quantitative estimate of drug-likeness (QED) is 0.0167. The minimum absolute atomic E-state index is 0.0117. The first kappa shape index (κ1) is 68.0. The minimum atomic E-state index is -1.48. The van der Waals surface area contributed by atoms with Gasteiger partial charge in [0.1, 0.15) is 37.9 Å². The van der Waals surface area contributed by atoms with E-state index in [1.807, 2.05) is 14.7 Å². The summed E-state index contributed by atoms with van der Waals surface area (Å²) >= 11 is 35.8. The van der Waals surface area contributed by atoms with Crippen LogP contribution in [-0.2, 0) is 72.4 Å². The summed E-state index contributed by atoms with van der Waals surface area (Å²) in [4.78, 5) is 96.7. The second-order valence-corrected chi connectivity index (χ2v) is 20.7. The van der Waals surface area contributed by atoms with Crippen molar-refractivity contribution in [3.63, 3.8) is 0 Å². The zero-order valence-corrected chi connectivity index (χ0v) is 49.6. The van der Waals surface area contributed by atoms with Crippen molar-refractivity contribution in [1.82, 2.24) is 16.0 Å². The number of ether oxygens (including phenoxy) is 4. The average Bonchev–Trinajstić information content (AvgIpc) is 3.53. The van der Waals surface area contributed by atoms with E-state index < -0.39 is 86.3 Å². The zero-order valence-electron chi connectivity index (χ0n) is 45.1. The summed E-state index contributed by atoms with van der Waals surface area (Å²) in [6.07, 6.45) is -5.61. The van der Waals surface area contributed by atoms with E-state index in [0.717, 1.165) is 17.1 Å². The molecule has 0 radical (unpaired) electrons. The van der Waals surface area contributed by atoms with E-state index in [9.17, 15) is 48.9 Å². The van der Waals surface area contributed by atoms with Gasteiger partial charge in [-0.2, -0.15) is 0 Å². The fourth-order valence-electron chi connectivity index (χ4n) is 8.20. The van der Waals surface area contributed by atoms with E-state index in [1.54, 1.807) is 86.6 Å². The lowest BCUT2D eigenvalue weighted by atomic mass is 10.0. The fraction of sp³-hybridized carbons (Fsp3) is 0.436. The van der Waals surface area contributed by atoms with Crippen LogP contribution in [0.1, 0.15) is 47.2 Å². The van der Waals surface area contributed by atoms with E-state index >= 15 is 0 Å². The van der Waals surface area contributed by atoms with Crippen LogP contribution >= 0.6 is 69.6 Å². The van der Waals surface area contributed by atoms with E-state index in [2.05, 4.69) is 21.3 Å². The van der Waals surface area contributed by atoms with Crippen LogP contribution in [0.2, 0.25) is 0 Å². The highest BCUT2D eigenvalue weighted by atomic mass is 35.5. The van der Waals surface area contributed by atoms with E-state index in [1.165, 1.54) is 12.1 Å². The summed E-state index contributed by atoms with van der Waals surface area (Å²) in [7, 11) is 0. The molecule has 4 amide bonds. The number of carboxylic acid groups (broad SMARTS) is 3. The van der Waals surface area contributed by atoms with Crippen molar-refractivity contribution in [2.24, 2.45) is 0 Å². The van der Waals surface area contributed by atoms with Crippen LogP contribution in [0.3, 0.4) is 0 Å². The molecule has 0 heterocycles. The lowest BCUT2D eigenvalue weighted by molar-refractivity contribution is -0.140. The third-order valence-electron chi connectivity index (χ3n) is 12.1. The second-order valence-electron chi connectivity index (χ2n) is 18.4. The Kier molecular flexibility index (Phi) is 30.0. The number of hydrogen-bond acceptors (Lipinski definition) is 14. The molecule has 0 aliphatic heterocycles. The predicted octanol–water partition coefficient (Wildman–Crippen LogP) is 9.26. The number of alkyl halides is 6. The summed E-state index contributed by atoms with van der Waals surface area (Å²) in [6, 6.07) is 19.2. The maximum atomic E-state index is 13.4. The van der Waals surface area contributed by atoms with Gasteiger partial charge in [-0.1, -0.05) is 36.4 Å². The Bertz CT molecular complexity index is 2560. The number of benzene rings is 4. The van der Waals surface area contributed by atoms with Gasteiger partial charge < -0.3 is 64.9 Å². The number of nitrogens with zero attached hydrogens (tertiary/aromatic N) is 3. The van der Waals surface area contributed by atoms with Gasteiger partial charge in [-0.15, -0.1) is 69.6 Å². The first-order valence-corrected chi connectivity index (χ1v) is 29.0. The maximum absolute atomic E-state index is 13.4. The molecule has 7 N–H and O–H groups in total. The first-order valence-electron chi connectivity index (χ1n) is 25.8.